The van der Waals surface area contributed by atoms with Crippen LogP contribution in [0.25, 0.3) is 0 Å². The van der Waals surface area contributed by atoms with Crippen LogP contribution in [0.3, 0.4) is 0 Å². The van der Waals surface area contributed by atoms with E-state index in [1.807, 2.05) is 0 Å². The Labute approximate surface area is 147 Å². The molecule has 1 aromatic rings. The molecule has 6 nitrogen and oxygen atoms in total. The van der Waals surface area contributed by atoms with Gasteiger partial charge in [-0.25, -0.2) is 12.8 Å². The molecule has 8 heteroatoms. The predicted molar refractivity (Wildman–Crippen MR) is 91.7 cm³/mol. The molecule has 25 heavy (non-hydrogen) atoms. The first-order valence-corrected chi connectivity index (χ1v) is 9.86. The van der Waals surface area contributed by atoms with Gasteiger partial charge >= 0.3 is 5.97 Å². The molecule has 0 aromatic heterocycles. The second kappa shape index (κ2) is 6.92. The summed E-state index contributed by atoms with van der Waals surface area (Å²) in [7, 11) is -3.69. The molecule has 0 saturated carbocycles. The average Bonchev–Trinajstić information content (AvgIpc) is 2.51. The molecule has 0 radical (unpaired) electrons. The fourth-order valence-corrected chi connectivity index (χ4v) is 5.13. The maximum atomic E-state index is 13.9. The summed E-state index contributed by atoms with van der Waals surface area (Å²) in [4.78, 5) is 9.20. The third-order valence-corrected chi connectivity index (χ3v) is 6.66. The van der Waals surface area contributed by atoms with Crippen LogP contribution >= 0.6 is 0 Å². The summed E-state index contributed by atoms with van der Waals surface area (Å²) in [6, 6.07) is 3.85. The SMILES string of the molecule is CCS(=O)(=O)C1(NCCCC(=O)O)CC(C)(C)Oc2ccc(F)cc21. The van der Waals surface area contributed by atoms with E-state index in [0.717, 1.165) is 0 Å². The number of carboxylic acids is 1. The van der Waals surface area contributed by atoms with Gasteiger partial charge in [0.05, 0.1) is 0 Å². The monoisotopic (exact) mass is 373 g/mol. The number of benzene rings is 1. The van der Waals surface area contributed by atoms with Crippen molar-refractivity contribution in [2.45, 2.75) is 50.5 Å². The van der Waals surface area contributed by atoms with Crippen LogP contribution in [0, 0.1) is 5.82 Å². The highest BCUT2D eigenvalue weighted by atomic mass is 32.2. The minimum Gasteiger partial charge on any atom is -0.487 e. The van der Waals surface area contributed by atoms with Crippen molar-refractivity contribution in [2.24, 2.45) is 0 Å². The van der Waals surface area contributed by atoms with Crippen LogP contribution in [0.1, 0.15) is 45.6 Å². The van der Waals surface area contributed by atoms with Crippen LogP contribution in [0.2, 0.25) is 0 Å². The number of hydrogen-bond donors (Lipinski definition) is 2. The van der Waals surface area contributed by atoms with Gasteiger partial charge < -0.3 is 9.84 Å². The first kappa shape index (κ1) is 19.7. The third kappa shape index (κ3) is 3.95. The normalized spacial score (nSPS) is 22.1. The van der Waals surface area contributed by atoms with Gasteiger partial charge in [0.2, 0.25) is 0 Å². The van der Waals surface area contributed by atoms with Crippen molar-refractivity contribution in [3.63, 3.8) is 0 Å². The van der Waals surface area contributed by atoms with Crippen LogP contribution in [0.15, 0.2) is 18.2 Å². The number of hydrogen-bond acceptors (Lipinski definition) is 5. The summed E-state index contributed by atoms with van der Waals surface area (Å²) in [5, 5.41) is 11.8. The van der Waals surface area contributed by atoms with Crippen molar-refractivity contribution in [1.29, 1.82) is 0 Å². The van der Waals surface area contributed by atoms with E-state index in [1.54, 1.807) is 13.8 Å². The summed E-state index contributed by atoms with van der Waals surface area (Å²) in [6.45, 7) is 5.27. The number of carboxylic acid groups (broad SMARTS) is 1. The Morgan fingerprint density at radius 2 is 2.08 bits per heavy atom. The molecule has 1 aliphatic heterocycles. The summed E-state index contributed by atoms with van der Waals surface area (Å²) in [6.07, 6.45) is 0.285. The maximum Gasteiger partial charge on any atom is 0.303 e. The van der Waals surface area contributed by atoms with E-state index < -0.39 is 32.1 Å². The second-order valence-corrected chi connectivity index (χ2v) is 9.34. The zero-order valence-electron chi connectivity index (χ0n) is 14.6. The lowest BCUT2D eigenvalue weighted by Crippen LogP contribution is -2.57. The van der Waals surface area contributed by atoms with Gasteiger partial charge in [0.15, 0.2) is 14.7 Å². The third-order valence-electron chi connectivity index (χ3n) is 4.33. The van der Waals surface area contributed by atoms with Crippen molar-refractivity contribution in [1.82, 2.24) is 5.32 Å². The Morgan fingerprint density at radius 1 is 1.40 bits per heavy atom. The molecule has 0 bridgehead atoms. The number of fused-ring (bicyclic) bond motifs is 1. The highest BCUT2D eigenvalue weighted by Crippen LogP contribution is 2.47. The fraction of sp³-hybridized carbons (Fsp3) is 0.588. The second-order valence-electron chi connectivity index (χ2n) is 6.83. The Bertz CT molecular complexity index is 762. The standard InChI is InChI=1S/C17H24FNO5S/c1-4-25(22,23)17(19-9-5-6-15(20)21)11-16(2,3)24-14-8-7-12(18)10-13(14)17/h7-8,10,19H,4-6,9,11H2,1-3H3,(H,20,21). The minimum absolute atomic E-state index is 0.0782. The molecule has 2 rings (SSSR count). The van der Waals surface area contributed by atoms with Gasteiger partial charge in [-0.1, -0.05) is 6.92 Å². The van der Waals surface area contributed by atoms with Crippen LogP contribution in [-0.2, 0) is 19.5 Å². The fourth-order valence-electron chi connectivity index (χ4n) is 3.26. The molecule has 1 aliphatic rings. The molecule has 2 N–H and O–H groups in total. The first-order valence-electron chi connectivity index (χ1n) is 8.21. The molecule has 0 spiro atoms. The van der Waals surface area contributed by atoms with Gasteiger partial charge in [0.1, 0.15) is 17.2 Å². The van der Waals surface area contributed by atoms with Gasteiger partial charge in [0.25, 0.3) is 0 Å². The lowest BCUT2D eigenvalue weighted by molar-refractivity contribution is -0.137. The van der Waals surface area contributed by atoms with Crippen molar-refractivity contribution in [3.8, 4) is 5.75 Å². The van der Waals surface area contributed by atoms with E-state index in [2.05, 4.69) is 5.32 Å². The number of halogens is 1. The Hall–Kier alpha value is -1.67. The van der Waals surface area contributed by atoms with Crippen molar-refractivity contribution in [3.05, 3.63) is 29.6 Å². The van der Waals surface area contributed by atoms with Crippen LogP contribution < -0.4 is 10.1 Å². The van der Waals surface area contributed by atoms with Gasteiger partial charge in [-0.05, 0) is 45.0 Å². The molecule has 0 amide bonds. The largest absolute Gasteiger partial charge is 0.487 e. The van der Waals surface area contributed by atoms with E-state index in [1.165, 1.54) is 25.1 Å². The highest BCUT2D eigenvalue weighted by molar-refractivity contribution is 7.92. The number of aliphatic carboxylic acids is 1. The molecule has 0 fully saturated rings. The number of sulfone groups is 1. The molecular formula is C17H24FNO5S. The quantitative estimate of drug-likeness (QED) is 0.713. The number of ether oxygens (including phenoxy) is 1. The van der Waals surface area contributed by atoms with E-state index >= 15 is 0 Å². The van der Waals surface area contributed by atoms with Crippen LogP contribution in [0.4, 0.5) is 4.39 Å². The maximum absolute atomic E-state index is 13.9. The molecule has 1 aromatic carbocycles. The molecule has 0 saturated heterocycles. The highest BCUT2D eigenvalue weighted by Gasteiger charge is 2.53. The smallest absolute Gasteiger partial charge is 0.303 e. The molecule has 1 heterocycles. The summed E-state index contributed by atoms with van der Waals surface area (Å²) in [5.41, 5.74) is -0.545. The van der Waals surface area contributed by atoms with E-state index in [0.29, 0.717) is 5.75 Å². The van der Waals surface area contributed by atoms with E-state index in [9.17, 15) is 17.6 Å². The molecule has 1 unspecified atom stereocenters. The van der Waals surface area contributed by atoms with Crippen LogP contribution in [-0.4, -0.2) is 37.4 Å². The average molecular weight is 373 g/mol. The lowest BCUT2D eigenvalue weighted by Gasteiger charge is -2.45. The Kier molecular flexibility index (Phi) is 5.44. The Balaban J connectivity index is 2.54. The van der Waals surface area contributed by atoms with Gasteiger partial charge in [-0.2, -0.15) is 0 Å². The molecular weight excluding hydrogens is 349 g/mol. The number of nitrogens with one attached hydrogen (secondary N) is 1. The minimum atomic E-state index is -3.69. The summed E-state index contributed by atoms with van der Waals surface area (Å²) < 4.78 is 45.7. The van der Waals surface area contributed by atoms with Gasteiger partial charge in [-0.3, -0.25) is 10.1 Å². The van der Waals surface area contributed by atoms with Crippen LogP contribution in [0.5, 0.6) is 5.75 Å². The van der Waals surface area contributed by atoms with E-state index in [4.69, 9.17) is 9.84 Å². The topological polar surface area (TPSA) is 92.7 Å². The predicted octanol–water partition coefficient (Wildman–Crippen LogP) is 2.43. The number of rotatable bonds is 7. The summed E-state index contributed by atoms with van der Waals surface area (Å²) in [5.74, 6) is -1.32. The van der Waals surface area contributed by atoms with Gasteiger partial charge in [0, 0.05) is 24.2 Å². The lowest BCUT2D eigenvalue weighted by atomic mass is 9.88. The first-order chi connectivity index (χ1) is 11.5. The van der Waals surface area contributed by atoms with E-state index in [-0.39, 0.29) is 37.1 Å². The molecule has 140 valence electrons. The summed E-state index contributed by atoms with van der Waals surface area (Å²) >= 11 is 0. The number of carbonyl (C=O) groups is 1. The Morgan fingerprint density at radius 3 is 2.68 bits per heavy atom. The zero-order valence-corrected chi connectivity index (χ0v) is 15.5. The molecule has 0 aliphatic carbocycles. The van der Waals surface area contributed by atoms with Crippen molar-refractivity contribution < 1.29 is 27.4 Å². The zero-order chi connectivity index (χ0) is 18.9. The van der Waals surface area contributed by atoms with Crippen molar-refractivity contribution >= 4 is 15.8 Å². The van der Waals surface area contributed by atoms with Gasteiger partial charge in [-0.15, -0.1) is 0 Å². The van der Waals surface area contributed by atoms with Crippen molar-refractivity contribution in [2.75, 3.05) is 12.3 Å². The molecule has 1 atom stereocenters.